The lowest BCUT2D eigenvalue weighted by Gasteiger charge is -2.11. The van der Waals surface area contributed by atoms with Gasteiger partial charge in [0.05, 0.1) is 5.69 Å². The van der Waals surface area contributed by atoms with Gasteiger partial charge in [-0.1, -0.05) is 30.3 Å². The Morgan fingerprint density at radius 3 is 2.53 bits per heavy atom. The van der Waals surface area contributed by atoms with E-state index in [0.29, 0.717) is 11.0 Å². The van der Waals surface area contributed by atoms with E-state index in [4.69, 9.17) is 5.73 Å². The number of nitrogens with one attached hydrogen (secondary N) is 1. The van der Waals surface area contributed by atoms with Crippen LogP contribution in [0.25, 0.3) is 10.8 Å². The van der Waals surface area contributed by atoms with E-state index in [1.165, 1.54) is 0 Å². The van der Waals surface area contributed by atoms with Crippen molar-refractivity contribution < 1.29 is 8.42 Å². The van der Waals surface area contributed by atoms with Crippen molar-refractivity contribution in [2.75, 3.05) is 4.72 Å². The molecule has 0 aromatic heterocycles. The van der Waals surface area contributed by atoms with Crippen LogP contribution in [-0.2, 0) is 10.9 Å². The monoisotopic (exact) mass is 264 g/mol. The van der Waals surface area contributed by atoms with E-state index in [1.807, 2.05) is 30.3 Å². The van der Waals surface area contributed by atoms with Crippen LogP contribution in [-0.4, -0.2) is 23.6 Å². The molecule has 0 aliphatic carbocycles. The van der Waals surface area contributed by atoms with Gasteiger partial charge in [-0.3, -0.25) is 4.72 Å². The van der Waals surface area contributed by atoms with Gasteiger partial charge in [-0.25, -0.2) is 8.42 Å². The fraction of sp³-hybridized carbons (Fsp3) is 0. The van der Waals surface area contributed by atoms with Gasteiger partial charge in [-0.05, 0) is 16.8 Å². The zero-order valence-corrected chi connectivity index (χ0v) is 11.3. The SMILES string of the molecule is NC(=[SiH2])c1c(N[SH](=O)=O)ccc2ccccc12. The van der Waals surface area contributed by atoms with Gasteiger partial charge in [0.2, 0.25) is 10.9 Å². The second kappa shape index (κ2) is 4.68. The second-order valence-corrected chi connectivity index (χ2v) is 5.10. The molecule has 2 aromatic carbocycles. The molecule has 0 aliphatic heterocycles. The van der Waals surface area contributed by atoms with Gasteiger partial charge >= 0.3 is 0 Å². The van der Waals surface area contributed by atoms with Gasteiger partial charge in [-0.15, -0.1) is 0 Å². The van der Waals surface area contributed by atoms with Crippen molar-refractivity contribution in [1.82, 2.24) is 0 Å². The Balaban J connectivity index is 2.77. The minimum absolute atomic E-state index is 0.521. The van der Waals surface area contributed by atoms with E-state index >= 15 is 0 Å². The molecule has 0 saturated heterocycles. The third kappa shape index (κ3) is 2.37. The summed E-state index contributed by atoms with van der Waals surface area (Å²) in [5.41, 5.74) is 7.12. The van der Waals surface area contributed by atoms with Gasteiger partial charge in [0.1, 0.15) is 0 Å². The summed E-state index contributed by atoms with van der Waals surface area (Å²) in [6.07, 6.45) is 0. The Morgan fingerprint density at radius 2 is 1.88 bits per heavy atom. The van der Waals surface area contributed by atoms with Gasteiger partial charge in [-0.2, -0.15) is 0 Å². The van der Waals surface area contributed by atoms with Crippen molar-refractivity contribution in [2.45, 2.75) is 0 Å². The summed E-state index contributed by atoms with van der Waals surface area (Å²) in [6.45, 7) is 0. The number of fused-ring (bicyclic) bond motifs is 1. The maximum absolute atomic E-state index is 10.8. The first-order valence-corrected chi connectivity index (χ1v) is 6.85. The highest BCUT2D eigenvalue weighted by Crippen LogP contribution is 2.25. The molecular weight excluding hydrogens is 252 g/mol. The molecule has 0 fully saturated rings. The summed E-state index contributed by atoms with van der Waals surface area (Å²) in [7, 11) is -1.15. The zero-order chi connectivity index (χ0) is 12.4. The molecule has 3 N–H and O–H groups in total. The Labute approximate surface area is 104 Å². The molecule has 88 valence electrons. The van der Waals surface area contributed by atoms with Crippen LogP contribution in [0.3, 0.4) is 0 Å². The number of hydrogen-bond acceptors (Lipinski definition) is 3. The summed E-state index contributed by atoms with van der Waals surface area (Å²) in [5, 5.41) is 2.59. The summed E-state index contributed by atoms with van der Waals surface area (Å²) in [5.74, 6) is 0. The van der Waals surface area contributed by atoms with E-state index in [0.717, 1.165) is 16.3 Å². The first-order chi connectivity index (χ1) is 8.09. The third-order valence-corrected chi connectivity index (χ3v) is 3.24. The van der Waals surface area contributed by atoms with Crippen LogP contribution in [0.5, 0.6) is 0 Å². The summed E-state index contributed by atoms with van der Waals surface area (Å²) in [4.78, 5) is 0. The second-order valence-electron chi connectivity index (χ2n) is 3.60. The minimum Gasteiger partial charge on any atom is -0.403 e. The lowest BCUT2D eigenvalue weighted by Crippen LogP contribution is -2.16. The number of thiol groups is 1. The molecule has 4 nitrogen and oxygen atoms in total. The quantitative estimate of drug-likeness (QED) is 0.533. The van der Waals surface area contributed by atoms with Crippen LogP contribution in [0.2, 0.25) is 0 Å². The molecule has 0 amide bonds. The van der Waals surface area contributed by atoms with E-state index in [-0.39, 0.29) is 0 Å². The molecule has 2 rings (SSSR count). The molecule has 6 heteroatoms. The van der Waals surface area contributed by atoms with Crippen LogP contribution < -0.4 is 10.5 Å². The summed E-state index contributed by atoms with van der Waals surface area (Å²) >= 11 is 0. The van der Waals surface area contributed by atoms with Crippen molar-refractivity contribution in [1.29, 1.82) is 0 Å². The lowest BCUT2D eigenvalue weighted by atomic mass is 10.0. The van der Waals surface area contributed by atoms with Crippen molar-refractivity contribution in [3.05, 3.63) is 42.0 Å². The van der Waals surface area contributed by atoms with E-state index < -0.39 is 10.9 Å². The molecule has 0 unspecified atom stereocenters. The predicted octanol–water partition coefficient (Wildman–Crippen LogP) is -0.152. The Bertz CT molecular complexity index is 660. The average molecular weight is 264 g/mol. The molecule has 17 heavy (non-hydrogen) atoms. The van der Waals surface area contributed by atoms with Gasteiger partial charge < -0.3 is 5.73 Å². The fourth-order valence-electron chi connectivity index (χ4n) is 1.81. The van der Waals surface area contributed by atoms with Crippen molar-refractivity contribution in [3.8, 4) is 0 Å². The highest BCUT2D eigenvalue weighted by molar-refractivity contribution is 7.73. The van der Waals surface area contributed by atoms with Crippen LogP contribution >= 0.6 is 0 Å². The summed E-state index contributed by atoms with van der Waals surface area (Å²) < 4.78 is 23.9. The number of rotatable bonds is 3. The number of nitrogens with two attached hydrogens (primary N) is 1. The van der Waals surface area contributed by atoms with E-state index in [1.54, 1.807) is 15.9 Å². The standard InChI is InChI=1S/C11H12N2O2SSi/c12-11(17)10-8-4-2-1-3-7(8)5-6-9(10)13-16(14)15/h1-6,16H,12,17H2,(H,13,14,15). The Kier molecular flexibility index (Phi) is 3.25. The molecule has 0 bridgehead atoms. The molecule has 2 aromatic rings. The maximum Gasteiger partial charge on any atom is 0.222 e. The number of hydrogen-bond donors (Lipinski definition) is 3. The van der Waals surface area contributed by atoms with Crippen LogP contribution in [0.15, 0.2) is 36.4 Å². The molecule has 0 heterocycles. The summed E-state index contributed by atoms with van der Waals surface area (Å²) in [6, 6.07) is 11.3. The first-order valence-electron chi connectivity index (χ1n) is 4.97. The Hall–Kier alpha value is -1.66. The maximum atomic E-state index is 10.8. The third-order valence-electron chi connectivity index (χ3n) is 2.46. The van der Waals surface area contributed by atoms with Crippen molar-refractivity contribution in [3.63, 3.8) is 0 Å². The van der Waals surface area contributed by atoms with Gasteiger partial charge in [0, 0.05) is 20.7 Å². The minimum atomic E-state index is -2.69. The molecule has 0 radical (unpaired) electrons. The predicted molar refractivity (Wildman–Crippen MR) is 74.7 cm³/mol. The fourth-order valence-corrected chi connectivity index (χ4v) is 2.57. The van der Waals surface area contributed by atoms with Gasteiger partial charge in [0.25, 0.3) is 0 Å². The highest BCUT2D eigenvalue weighted by Gasteiger charge is 2.08. The molecular formula is C11H12N2O2SSi. The number of anilines is 1. The largest absolute Gasteiger partial charge is 0.403 e. The van der Waals surface area contributed by atoms with Crippen LogP contribution in [0.4, 0.5) is 5.69 Å². The highest BCUT2D eigenvalue weighted by atomic mass is 32.2. The average Bonchev–Trinajstić information content (AvgIpc) is 2.27. The zero-order valence-electron chi connectivity index (χ0n) is 9.01. The topological polar surface area (TPSA) is 72.2 Å². The van der Waals surface area contributed by atoms with E-state index in [2.05, 4.69) is 4.72 Å². The molecule has 0 spiro atoms. The van der Waals surface area contributed by atoms with E-state index in [9.17, 15) is 8.42 Å². The van der Waals surface area contributed by atoms with Crippen molar-refractivity contribution >= 4 is 42.5 Å². The van der Waals surface area contributed by atoms with Gasteiger partial charge in [0.15, 0.2) is 0 Å². The normalized spacial score (nSPS) is 10.6. The lowest BCUT2D eigenvalue weighted by molar-refractivity contribution is 0.619. The van der Waals surface area contributed by atoms with Crippen LogP contribution in [0, 0.1) is 0 Å². The first kappa shape index (κ1) is 11.8. The smallest absolute Gasteiger partial charge is 0.222 e. The van der Waals surface area contributed by atoms with Crippen LogP contribution in [0.1, 0.15) is 5.56 Å². The molecule has 0 aliphatic rings. The Morgan fingerprint density at radius 1 is 1.18 bits per heavy atom. The number of benzene rings is 2. The molecule has 0 atom stereocenters. The van der Waals surface area contributed by atoms with Crippen molar-refractivity contribution in [2.24, 2.45) is 5.73 Å². The molecule has 0 saturated carbocycles.